The molecule has 0 unspecified atom stereocenters. The normalized spacial score (nSPS) is 22.5. The maximum atomic E-state index is 12.6. The summed E-state index contributed by atoms with van der Waals surface area (Å²) < 4.78 is 11.4. The van der Waals surface area contributed by atoms with Crippen LogP contribution in [0.15, 0.2) is 18.2 Å². The molecular formula is C19H26N2O3. The number of nitrogens with zero attached hydrogens (tertiary/aromatic N) is 1. The third-order valence-corrected chi connectivity index (χ3v) is 5.50. The van der Waals surface area contributed by atoms with E-state index in [4.69, 9.17) is 9.47 Å². The topological polar surface area (TPSA) is 50.8 Å². The summed E-state index contributed by atoms with van der Waals surface area (Å²) in [6.45, 7) is 3.80. The number of hydrogen-bond acceptors (Lipinski definition) is 4. The minimum atomic E-state index is -0.243. The molecule has 0 spiro atoms. The summed E-state index contributed by atoms with van der Waals surface area (Å²) in [5.74, 6) is 1.76. The first kappa shape index (κ1) is 15.8. The standard InChI is InChI=1S/C19H26N2O3/c22-18(14-21-9-3-4-10-21)20-19(7-1-2-8-19)15-5-6-16-17(13-15)24-12-11-23-16/h5-6,13H,1-4,7-12,14H2,(H,20,22). The number of carbonyl (C=O) groups excluding carboxylic acids is 1. The Labute approximate surface area is 143 Å². The molecule has 1 N–H and O–H groups in total. The zero-order valence-electron chi connectivity index (χ0n) is 14.2. The van der Waals surface area contributed by atoms with E-state index in [1.165, 1.54) is 12.8 Å². The molecule has 130 valence electrons. The van der Waals surface area contributed by atoms with Gasteiger partial charge in [-0.25, -0.2) is 0 Å². The lowest BCUT2D eigenvalue weighted by Gasteiger charge is -2.33. The van der Waals surface area contributed by atoms with E-state index in [2.05, 4.69) is 22.3 Å². The van der Waals surface area contributed by atoms with Crippen LogP contribution in [0.4, 0.5) is 0 Å². The fraction of sp³-hybridized carbons (Fsp3) is 0.632. The van der Waals surface area contributed by atoms with Crippen LogP contribution in [0, 0.1) is 0 Å². The average molecular weight is 330 g/mol. The van der Waals surface area contributed by atoms with Crippen LogP contribution in [0.1, 0.15) is 44.1 Å². The van der Waals surface area contributed by atoms with Gasteiger partial charge in [0.1, 0.15) is 13.2 Å². The molecule has 1 saturated carbocycles. The lowest BCUT2D eigenvalue weighted by molar-refractivity contribution is -0.124. The van der Waals surface area contributed by atoms with E-state index in [0.29, 0.717) is 19.8 Å². The molecule has 4 rings (SSSR count). The summed E-state index contributed by atoms with van der Waals surface area (Å²) in [6, 6.07) is 6.14. The number of rotatable bonds is 4. The molecule has 2 fully saturated rings. The quantitative estimate of drug-likeness (QED) is 0.921. The Bertz CT molecular complexity index is 605. The monoisotopic (exact) mass is 330 g/mol. The molecule has 1 aromatic carbocycles. The molecule has 5 nitrogen and oxygen atoms in total. The second-order valence-electron chi connectivity index (χ2n) is 7.18. The van der Waals surface area contributed by atoms with E-state index in [0.717, 1.165) is 55.8 Å². The van der Waals surface area contributed by atoms with Crippen molar-refractivity contribution in [1.82, 2.24) is 10.2 Å². The van der Waals surface area contributed by atoms with E-state index in [9.17, 15) is 4.79 Å². The van der Waals surface area contributed by atoms with Crippen LogP contribution in [0.3, 0.4) is 0 Å². The number of likely N-dealkylation sites (tertiary alicyclic amines) is 1. The Hall–Kier alpha value is -1.75. The first-order valence-electron chi connectivity index (χ1n) is 9.19. The molecule has 0 bridgehead atoms. The number of benzene rings is 1. The zero-order valence-corrected chi connectivity index (χ0v) is 14.2. The highest BCUT2D eigenvalue weighted by Gasteiger charge is 2.38. The van der Waals surface area contributed by atoms with Crippen molar-refractivity contribution >= 4 is 5.91 Å². The lowest BCUT2D eigenvalue weighted by Crippen LogP contribution is -2.47. The summed E-state index contributed by atoms with van der Waals surface area (Å²) in [4.78, 5) is 14.9. The summed E-state index contributed by atoms with van der Waals surface area (Å²) >= 11 is 0. The molecule has 0 atom stereocenters. The fourth-order valence-electron chi connectivity index (χ4n) is 4.26. The Morgan fingerprint density at radius 1 is 1.04 bits per heavy atom. The third kappa shape index (κ3) is 3.09. The van der Waals surface area contributed by atoms with Crippen molar-refractivity contribution in [2.75, 3.05) is 32.8 Å². The number of fused-ring (bicyclic) bond motifs is 1. The molecule has 1 aromatic rings. The van der Waals surface area contributed by atoms with E-state index in [1.54, 1.807) is 0 Å². The highest BCUT2D eigenvalue weighted by molar-refractivity contribution is 5.79. The number of amides is 1. The van der Waals surface area contributed by atoms with E-state index in [1.807, 2.05) is 6.07 Å². The highest BCUT2D eigenvalue weighted by Crippen LogP contribution is 2.42. The maximum absolute atomic E-state index is 12.6. The van der Waals surface area contributed by atoms with Crippen LogP contribution in [-0.4, -0.2) is 43.7 Å². The number of carbonyl (C=O) groups is 1. The first-order valence-corrected chi connectivity index (χ1v) is 9.19. The molecule has 2 aliphatic heterocycles. The van der Waals surface area contributed by atoms with Gasteiger partial charge in [0.05, 0.1) is 12.1 Å². The Balaban J connectivity index is 1.53. The van der Waals surface area contributed by atoms with E-state index in [-0.39, 0.29) is 11.4 Å². The van der Waals surface area contributed by atoms with Gasteiger partial charge in [0.2, 0.25) is 5.91 Å². The van der Waals surface area contributed by atoms with Gasteiger partial charge in [-0.15, -0.1) is 0 Å². The van der Waals surface area contributed by atoms with Gasteiger partial charge < -0.3 is 14.8 Å². The van der Waals surface area contributed by atoms with Gasteiger partial charge in [0, 0.05) is 0 Å². The van der Waals surface area contributed by atoms with Crippen molar-refractivity contribution in [1.29, 1.82) is 0 Å². The maximum Gasteiger partial charge on any atom is 0.234 e. The Morgan fingerprint density at radius 2 is 1.75 bits per heavy atom. The van der Waals surface area contributed by atoms with Crippen LogP contribution < -0.4 is 14.8 Å². The van der Waals surface area contributed by atoms with Gasteiger partial charge in [0.15, 0.2) is 11.5 Å². The minimum absolute atomic E-state index is 0.147. The molecule has 3 aliphatic rings. The predicted octanol–water partition coefficient (Wildman–Crippen LogP) is 2.44. The molecule has 0 radical (unpaired) electrons. The summed E-state index contributed by atoms with van der Waals surface area (Å²) in [7, 11) is 0. The average Bonchev–Trinajstić information content (AvgIpc) is 3.27. The Morgan fingerprint density at radius 3 is 2.50 bits per heavy atom. The van der Waals surface area contributed by atoms with Crippen LogP contribution in [0.2, 0.25) is 0 Å². The largest absolute Gasteiger partial charge is 0.486 e. The van der Waals surface area contributed by atoms with Crippen LogP contribution in [-0.2, 0) is 10.3 Å². The Kier molecular flexibility index (Phi) is 4.35. The van der Waals surface area contributed by atoms with Gasteiger partial charge in [0.25, 0.3) is 0 Å². The van der Waals surface area contributed by atoms with Crippen molar-refractivity contribution in [2.24, 2.45) is 0 Å². The summed E-state index contributed by atoms with van der Waals surface area (Å²) in [6.07, 6.45) is 6.72. The second-order valence-corrected chi connectivity index (χ2v) is 7.18. The van der Waals surface area contributed by atoms with Crippen molar-refractivity contribution in [2.45, 2.75) is 44.1 Å². The van der Waals surface area contributed by atoms with Gasteiger partial charge in [-0.05, 0) is 56.5 Å². The number of ether oxygens (including phenoxy) is 2. The van der Waals surface area contributed by atoms with E-state index < -0.39 is 0 Å². The molecule has 1 saturated heterocycles. The zero-order chi connectivity index (χ0) is 16.4. The van der Waals surface area contributed by atoms with Crippen LogP contribution in [0.5, 0.6) is 11.5 Å². The van der Waals surface area contributed by atoms with Crippen molar-refractivity contribution in [3.63, 3.8) is 0 Å². The molecule has 5 heteroatoms. The van der Waals surface area contributed by atoms with E-state index >= 15 is 0 Å². The lowest BCUT2D eigenvalue weighted by atomic mass is 9.87. The molecule has 0 aromatic heterocycles. The van der Waals surface area contributed by atoms with Gasteiger partial charge in [-0.1, -0.05) is 18.9 Å². The molecule has 1 aliphatic carbocycles. The van der Waals surface area contributed by atoms with Gasteiger partial charge in [-0.2, -0.15) is 0 Å². The predicted molar refractivity (Wildman–Crippen MR) is 91.4 cm³/mol. The smallest absolute Gasteiger partial charge is 0.234 e. The molecular weight excluding hydrogens is 304 g/mol. The second kappa shape index (κ2) is 6.63. The van der Waals surface area contributed by atoms with Crippen molar-refractivity contribution in [3.8, 4) is 11.5 Å². The SMILES string of the molecule is O=C(CN1CCCC1)NC1(c2ccc3c(c2)OCCO3)CCCC1. The van der Waals surface area contributed by atoms with Crippen LogP contribution in [0.25, 0.3) is 0 Å². The van der Waals surface area contributed by atoms with Crippen molar-refractivity contribution < 1.29 is 14.3 Å². The molecule has 24 heavy (non-hydrogen) atoms. The minimum Gasteiger partial charge on any atom is -0.486 e. The van der Waals surface area contributed by atoms with Crippen LogP contribution >= 0.6 is 0 Å². The highest BCUT2D eigenvalue weighted by atomic mass is 16.6. The number of nitrogens with one attached hydrogen (secondary N) is 1. The summed E-state index contributed by atoms with van der Waals surface area (Å²) in [5.41, 5.74) is 0.908. The van der Waals surface area contributed by atoms with Crippen molar-refractivity contribution in [3.05, 3.63) is 23.8 Å². The number of hydrogen-bond donors (Lipinski definition) is 1. The van der Waals surface area contributed by atoms with Gasteiger partial charge in [-0.3, -0.25) is 9.69 Å². The summed E-state index contributed by atoms with van der Waals surface area (Å²) in [5, 5.41) is 3.37. The fourth-order valence-corrected chi connectivity index (χ4v) is 4.26. The molecule has 2 heterocycles. The first-order chi connectivity index (χ1) is 11.8. The molecule has 1 amide bonds. The third-order valence-electron chi connectivity index (χ3n) is 5.50. The van der Waals surface area contributed by atoms with Gasteiger partial charge >= 0.3 is 0 Å².